The third-order valence-electron chi connectivity index (χ3n) is 5.25. The fourth-order valence-corrected chi connectivity index (χ4v) is 5.12. The highest BCUT2D eigenvalue weighted by Crippen LogP contribution is 2.44. The predicted octanol–water partition coefficient (Wildman–Crippen LogP) is 4.51. The highest BCUT2D eigenvalue weighted by atomic mass is 32.1. The Labute approximate surface area is 191 Å². The molecule has 2 aromatic rings. The van der Waals surface area contributed by atoms with Gasteiger partial charge in [-0.25, -0.2) is 4.79 Å². The minimum Gasteiger partial charge on any atom is -0.466 e. The average Bonchev–Trinajstić information content (AvgIpc) is 3.16. The van der Waals surface area contributed by atoms with E-state index in [-0.39, 0.29) is 49.3 Å². The molecule has 1 heterocycles. The van der Waals surface area contributed by atoms with Gasteiger partial charge in [0.2, 0.25) is 5.91 Å². The smallest absolute Gasteiger partial charge is 0.341 e. The van der Waals surface area contributed by atoms with Gasteiger partial charge in [-0.05, 0) is 38.7 Å². The number of hydrogen-bond acceptors (Lipinski definition) is 7. The van der Waals surface area contributed by atoms with Crippen LogP contribution in [0.2, 0.25) is 0 Å². The van der Waals surface area contributed by atoms with Crippen molar-refractivity contribution in [3.8, 4) is 0 Å². The van der Waals surface area contributed by atoms with Gasteiger partial charge >= 0.3 is 11.9 Å². The lowest BCUT2D eigenvalue weighted by atomic mass is 9.85. The van der Waals surface area contributed by atoms with Gasteiger partial charge in [0.05, 0.1) is 24.7 Å². The number of nitrogens with one attached hydrogen (secondary N) is 1. The van der Waals surface area contributed by atoms with Crippen LogP contribution in [0.1, 0.15) is 76.6 Å². The summed E-state index contributed by atoms with van der Waals surface area (Å²) in [6, 6.07) is 8.79. The van der Waals surface area contributed by atoms with E-state index in [4.69, 9.17) is 9.47 Å². The summed E-state index contributed by atoms with van der Waals surface area (Å²) in [6.45, 7) is 3.87. The number of carbonyl (C=O) groups is 4. The molecule has 0 bridgehead atoms. The Kier molecular flexibility index (Phi) is 8.16. The zero-order valence-electron chi connectivity index (χ0n) is 18.3. The van der Waals surface area contributed by atoms with E-state index < -0.39 is 11.9 Å². The van der Waals surface area contributed by atoms with Crippen molar-refractivity contribution < 1.29 is 28.7 Å². The molecular weight excluding hydrogens is 430 g/mol. The molecule has 7 nitrogen and oxygen atoms in total. The molecule has 1 aliphatic rings. The van der Waals surface area contributed by atoms with Crippen molar-refractivity contribution in [3.63, 3.8) is 0 Å². The van der Waals surface area contributed by atoms with Gasteiger partial charge in [-0.15, -0.1) is 11.3 Å². The maximum atomic E-state index is 12.8. The lowest BCUT2D eigenvalue weighted by Crippen LogP contribution is -2.23. The van der Waals surface area contributed by atoms with Crippen molar-refractivity contribution >= 4 is 40.0 Å². The summed E-state index contributed by atoms with van der Waals surface area (Å²) in [5.41, 5.74) is 1.39. The van der Waals surface area contributed by atoms with Gasteiger partial charge in [0.15, 0.2) is 5.78 Å². The van der Waals surface area contributed by atoms with E-state index in [9.17, 15) is 19.2 Å². The first kappa shape index (κ1) is 23.7. The van der Waals surface area contributed by atoms with Gasteiger partial charge in [0, 0.05) is 23.3 Å². The minimum absolute atomic E-state index is 0.0140. The Bertz CT molecular complexity index is 997. The van der Waals surface area contributed by atoms with Gasteiger partial charge < -0.3 is 14.8 Å². The summed E-state index contributed by atoms with van der Waals surface area (Å²) < 4.78 is 10.4. The number of esters is 2. The van der Waals surface area contributed by atoms with E-state index in [1.54, 1.807) is 38.1 Å². The summed E-state index contributed by atoms with van der Waals surface area (Å²) >= 11 is 1.29. The van der Waals surface area contributed by atoms with Crippen molar-refractivity contribution in [3.05, 3.63) is 51.9 Å². The number of amides is 1. The van der Waals surface area contributed by atoms with E-state index >= 15 is 0 Å². The van der Waals surface area contributed by atoms with Crippen LogP contribution in [0, 0.1) is 0 Å². The van der Waals surface area contributed by atoms with Gasteiger partial charge in [-0.2, -0.15) is 0 Å². The number of hydrogen-bond donors (Lipinski definition) is 1. The molecule has 1 amide bonds. The standard InChI is InChI=1S/C24H27NO6S/c1-3-30-23(28)16-11-8-12-18-20(16)21(24(29)31-4-2)22(32-18)25-19(27)14-13-17(26)15-9-6-5-7-10-15/h5-7,9-10,16H,3-4,8,11-14H2,1-2H3,(H,25,27). The quantitative estimate of drug-likeness (QED) is 0.439. The Hall–Kier alpha value is -3.00. The Morgan fingerprint density at radius 2 is 1.75 bits per heavy atom. The topological polar surface area (TPSA) is 98.8 Å². The Morgan fingerprint density at radius 3 is 2.44 bits per heavy atom. The lowest BCUT2D eigenvalue weighted by molar-refractivity contribution is -0.145. The minimum atomic E-state index is -0.572. The van der Waals surface area contributed by atoms with Crippen molar-refractivity contribution in [2.75, 3.05) is 18.5 Å². The van der Waals surface area contributed by atoms with Crippen LogP contribution in [0.25, 0.3) is 0 Å². The average molecular weight is 458 g/mol. The second-order valence-corrected chi connectivity index (χ2v) is 8.50. The number of thiophene rings is 1. The van der Waals surface area contributed by atoms with Crippen LogP contribution in [0.3, 0.4) is 0 Å². The zero-order chi connectivity index (χ0) is 23.1. The molecule has 0 aliphatic heterocycles. The second-order valence-electron chi connectivity index (χ2n) is 7.40. The molecule has 0 saturated carbocycles. The van der Waals surface area contributed by atoms with Crippen LogP contribution in [0.5, 0.6) is 0 Å². The van der Waals surface area contributed by atoms with Crippen molar-refractivity contribution in [1.29, 1.82) is 0 Å². The highest BCUT2D eigenvalue weighted by molar-refractivity contribution is 7.17. The summed E-state index contributed by atoms with van der Waals surface area (Å²) in [5, 5.41) is 3.14. The van der Waals surface area contributed by atoms with Crippen molar-refractivity contribution in [1.82, 2.24) is 0 Å². The molecule has 32 heavy (non-hydrogen) atoms. The molecule has 8 heteroatoms. The van der Waals surface area contributed by atoms with Crippen LogP contribution < -0.4 is 5.32 Å². The van der Waals surface area contributed by atoms with Crippen LogP contribution in [-0.4, -0.2) is 36.8 Å². The second kappa shape index (κ2) is 11.0. The van der Waals surface area contributed by atoms with E-state index in [1.165, 1.54) is 11.3 Å². The van der Waals surface area contributed by atoms with Crippen LogP contribution in [-0.2, 0) is 25.5 Å². The first-order valence-corrected chi connectivity index (χ1v) is 11.6. The first-order chi connectivity index (χ1) is 15.5. The number of rotatable bonds is 9. The maximum absolute atomic E-state index is 12.8. The lowest BCUT2D eigenvalue weighted by Gasteiger charge is -2.22. The Balaban J connectivity index is 1.81. The predicted molar refractivity (Wildman–Crippen MR) is 121 cm³/mol. The number of benzene rings is 1. The fraction of sp³-hybridized carbons (Fsp3) is 0.417. The largest absolute Gasteiger partial charge is 0.466 e. The maximum Gasteiger partial charge on any atom is 0.341 e. The molecule has 3 rings (SSSR count). The number of aryl methyl sites for hydroxylation is 1. The number of ketones is 1. The summed E-state index contributed by atoms with van der Waals surface area (Å²) in [5.74, 6) is -2.00. The molecule has 1 aromatic carbocycles. The van der Waals surface area contributed by atoms with E-state index in [1.807, 2.05) is 6.07 Å². The number of Topliss-reactive ketones (excluding diaryl/α,β-unsaturated/α-hetero) is 1. The number of carbonyl (C=O) groups excluding carboxylic acids is 4. The van der Waals surface area contributed by atoms with Gasteiger partial charge in [0.25, 0.3) is 0 Å². The molecular formula is C24H27NO6S. The monoisotopic (exact) mass is 457 g/mol. The van der Waals surface area contributed by atoms with E-state index in [0.29, 0.717) is 29.0 Å². The number of fused-ring (bicyclic) bond motifs is 1. The molecule has 170 valence electrons. The summed E-state index contributed by atoms with van der Waals surface area (Å²) in [6.07, 6.45) is 2.12. The zero-order valence-corrected chi connectivity index (χ0v) is 19.1. The Morgan fingerprint density at radius 1 is 1.03 bits per heavy atom. The molecule has 0 radical (unpaired) electrons. The van der Waals surface area contributed by atoms with Crippen LogP contribution in [0.4, 0.5) is 5.00 Å². The van der Waals surface area contributed by atoms with Crippen molar-refractivity contribution in [2.45, 2.75) is 51.9 Å². The molecule has 1 unspecified atom stereocenters. The SMILES string of the molecule is CCOC(=O)c1c(NC(=O)CCC(=O)c2ccccc2)sc2c1C(C(=O)OCC)CCC2. The van der Waals surface area contributed by atoms with E-state index in [2.05, 4.69) is 5.32 Å². The normalized spacial score (nSPS) is 14.9. The molecule has 1 aliphatic carbocycles. The van der Waals surface area contributed by atoms with Crippen LogP contribution in [0.15, 0.2) is 30.3 Å². The van der Waals surface area contributed by atoms with Crippen LogP contribution >= 0.6 is 11.3 Å². The molecule has 1 atom stereocenters. The fourth-order valence-electron chi connectivity index (χ4n) is 3.81. The number of anilines is 1. The van der Waals surface area contributed by atoms with Gasteiger partial charge in [-0.1, -0.05) is 30.3 Å². The molecule has 0 fully saturated rings. The van der Waals surface area contributed by atoms with Gasteiger partial charge in [-0.3, -0.25) is 14.4 Å². The van der Waals surface area contributed by atoms with Gasteiger partial charge in [0.1, 0.15) is 5.00 Å². The highest BCUT2D eigenvalue weighted by Gasteiger charge is 2.36. The third-order valence-corrected chi connectivity index (χ3v) is 6.43. The molecule has 1 aromatic heterocycles. The first-order valence-electron chi connectivity index (χ1n) is 10.8. The number of ether oxygens (including phenoxy) is 2. The van der Waals surface area contributed by atoms with Crippen molar-refractivity contribution in [2.24, 2.45) is 0 Å². The third kappa shape index (κ3) is 5.43. The molecule has 1 N–H and O–H groups in total. The molecule has 0 saturated heterocycles. The van der Waals surface area contributed by atoms with E-state index in [0.717, 1.165) is 11.3 Å². The summed E-state index contributed by atoms with van der Waals surface area (Å²) in [7, 11) is 0. The summed E-state index contributed by atoms with van der Waals surface area (Å²) in [4.78, 5) is 51.1. The molecule has 0 spiro atoms.